The highest BCUT2D eigenvalue weighted by Crippen LogP contribution is 2.58. The van der Waals surface area contributed by atoms with Crippen molar-refractivity contribution in [1.82, 2.24) is 4.90 Å². The molecule has 1 saturated carbocycles. The van der Waals surface area contributed by atoms with Gasteiger partial charge in [0.2, 0.25) is 0 Å². The van der Waals surface area contributed by atoms with Gasteiger partial charge in [0.05, 0.1) is 8.07 Å². The predicted molar refractivity (Wildman–Crippen MR) is 102 cm³/mol. The number of carbonyl (C=O) groups is 1. The van der Waals surface area contributed by atoms with Gasteiger partial charge in [-0.15, -0.1) is 0 Å². The van der Waals surface area contributed by atoms with E-state index in [9.17, 15) is 4.79 Å². The molecule has 1 aliphatic heterocycles. The van der Waals surface area contributed by atoms with Gasteiger partial charge in [0.15, 0.2) is 5.78 Å². The summed E-state index contributed by atoms with van der Waals surface area (Å²) in [6.45, 7) is 9.12. The topological polar surface area (TPSA) is 20.3 Å². The third kappa shape index (κ3) is 2.44. The van der Waals surface area contributed by atoms with Crippen molar-refractivity contribution in [3.8, 4) is 0 Å². The molecule has 4 rings (SSSR count). The molecule has 2 aliphatic carbocycles. The van der Waals surface area contributed by atoms with Crippen molar-refractivity contribution in [3.63, 3.8) is 0 Å². The molecule has 0 bridgehead atoms. The number of hydrogen-bond acceptors (Lipinski definition) is 2. The Hall–Kier alpha value is -1.19. The van der Waals surface area contributed by atoms with Gasteiger partial charge >= 0.3 is 0 Å². The van der Waals surface area contributed by atoms with Gasteiger partial charge in [0, 0.05) is 31.0 Å². The van der Waals surface area contributed by atoms with Crippen LogP contribution in [0.3, 0.4) is 0 Å². The molecule has 1 spiro atoms. The number of likely N-dealkylation sites (tertiary alicyclic amines) is 1. The molecule has 2 nitrogen and oxygen atoms in total. The molecule has 2 fully saturated rings. The minimum absolute atomic E-state index is 0.194. The van der Waals surface area contributed by atoms with E-state index < -0.39 is 8.07 Å². The molecule has 24 heavy (non-hydrogen) atoms. The van der Waals surface area contributed by atoms with Crippen LogP contribution < -0.4 is 0 Å². The van der Waals surface area contributed by atoms with E-state index in [2.05, 4.69) is 54.9 Å². The van der Waals surface area contributed by atoms with Gasteiger partial charge in [0.25, 0.3) is 0 Å². The van der Waals surface area contributed by atoms with Crippen LogP contribution in [0.15, 0.2) is 41.1 Å². The first-order valence-corrected chi connectivity index (χ1v) is 13.0. The Labute approximate surface area is 147 Å². The van der Waals surface area contributed by atoms with Gasteiger partial charge in [0.1, 0.15) is 0 Å². The van der Waals surface area contributed by atoms with Crippen LogP contribution in [0.1, 0.15) is 37.7 Å². The van der Waals surface area contributed by atoms with Crippen LogP contribution in [0, 0.1) is 5.41 Å². The van der Waals surface area contributed by atoms with Crippen LogP contribution in [-0.2, 0) is 11.3 Å². The first-order chi connectivity index (χ1) is 11.4. The lowest BCUT2D eigenvalue weighted by atomic mass is 9.68. The molecule has 1 aromatic rings. The van der Waals surface area contributed by atoms with Crippen molar-refractivity contribution < 1.29 is 4.79 Å². The number of Topliss-reactive ketones (excluding diaryl/α,β-unsaturated/α-hetero) is 1. The third-order valence-electron chi connectivity index (χ3n) is 6.43. The second-order valence-corrected chi connectivity index (χ2v) is 14.0. The third-order valence-corrected chi connectivity index (χ3v) is 8.51. The molecule has 0 amide bonds. The van der Waals surface area contributed by atoms with E-state index >= 15 is 0 Å². The van der Waals surface area contributed by atoms with Gasteiger partial charge in [-0.05, 0) is 29.2 Å². The predicted octanol–water partition coefficient (Wildman–Crippen LogP) is 4.58. The van der Waals surface area contributed by atoms with Gasteiger partial charge in [-0.1, -0.05) is 62.8 Å². The molecule has 3 heteroatoms. The molecule has 0 radical (unpaired) electrons. The van der Waals surface area contributed by atoms with E-state index in [1.165, 1.54) is 36.4 Å². The smallest absolute Gasteiger partial charge is 0.155 e. The van der Waals surface area contributed by atoms with Crippen LogP contribution >= 0.6 is 0 Å². The Morgan fingerprint density at radius 2 is 1.92 bits per heavy atom. The fourth-order valence-electron chi connectivity index (χ4n) is 5.61. The van der Waals surface area contributed by atoms with Crippen molar-refractivity contribution in [2.75, 3.05) is 6.54 Å². The monoisotopic (exact) mass is 339 g/mol. The van der Waals surface area contributed by atoms with Gasteiger partial charge < -0.3 is 0 Å². The molecular weight excluding hydrogens is 310 g/mol. The lowest BCUT2D eigenvalue weighted by Crippen LogP contribution is -2.42. The molecule has 1 heterocycles. The number of rotatable bonds is 3. The maximum absolute atomic E-state index is 12.9. The number of carbonyl (C=O) groups excluding carboxylic acids is 1. The first kappa shape index (κ1) is 16.3. The van der Waals surface area contributed by atoms with Crippen LogP contribution in [-0.4, -0.2) is 31.3 Å². The summed E-state index contributed by atoms with van der Waals surface area (Å²) in [6, 6.07) is 11.4. The Bertz CT molecular complexity index is 688. The van der Waals surface area contributed by atoms with Crippen LogP contribution in [0.5, 0.6) is 0 Å². The highest BCUT2D eigenvalue weighted by molar-refractivity contribution is 6.87. The largest absolute Gasteiger partial charge is 0.295 e. The minimum Gasteiger partial charge on any atom is -0.295 e. The summed E-state index contributed by atoms with van der Waals surface area (Å²) in [6.07, 6.45) is 5.92. The Kier molecular flexibility index (Phi) is 3.85. The van der Waals surface area contributed by atoms with Gasteiger partial charge in [-0.25, -0.2) is 0 Å². The zero-order valence-electron chi connectivity index (χ0n) is 15.3. The molecule has 1 saturated heterocycles. The SMILES string of the molecule is C[Si](C)(C)C1=C2CN(Cc3ccccc3)[C@H]3CCCC[C@@]23CC1=O. The van der Waals surface area contributed by atoms with E-state index in [4.69, 9.17) is 0 Å². The van der Waals surface area contributed by atoms with E-state index in [1.54, 1.807) is 5.57 Å². The van der Waals surface area contributed by atoms with Crippen LogP contribution in [0.25, 0.3) is 0 Å². The Balaban J connectivity index is 1.74. The molecule has 3 aliphatic rings. The Morgan fingerprint density at radius 3 is 2.62 bits per heavy atom. The van der Waals surface area contributed by atoms with Crippen LogP contribution in [0.4, 0.5) is 0 Å². The molecular formula is C21H29NOSi. The van der Waals surface area contributed by atoms with Gasteiger partial charge in [-0.3, -0.25) is 9.69 Å². The molecule has 1 aromatic carbocycles. The summed E-state index contributed by atoms with van der Waals surface area (Å²) in [7, 11) is -1.57. The van der Waals surface area contributed by atoms with E-state index in [-0.39, 0.29) is 5.41 Å². The summed E-state index contributed by atoms with van der Waals surface area (Å²) in [5.74, 6) is 0.496. The fourth-order valence-corrected chi connectivity index (χ4v) is 7.77. The summed E-state index contributed by atoms with van der Waals surface area (Å²) in [5, 5.41) is 1.30. The lowest BCUT2D eigenvalue weighted by Gasteiger charge is -2.40. The molecule has 128 valence electrons. The second-order valence-electron chi connectivity index (χ2n) is 9.01. The second kappa shape index (κ2) is 5.67. The van der Waals surface area contributed by atoms with Crippen LogP contribution in [0.2, 0.25) is 19.6 Å². The van der Waals surface area contributed by atoms with Crippen molar-refractivity contribution in [1.29, 1.82) is 0 Å². The summed E-state index contributed by atoms with van der Waals surface area (Å²) < 4.78 is 0. The Morgan fingerprint density at radius 1 is 1.17 bits per heavy atom. The quantitative estimate of drug-likeness (QED) is 0.751. The fraction of sp³-hybridized carbons (Fsp3) is 0.571. The number of nitrogens with zero attached hydrogens (tertiary/aromatic N) is 1. The van der Waals surface area contributed by atoms with Crippen molar-refractivity contribution in [2.45, 2.75) is 64.3 Å². The van der Waals surface area contributed by atoms with Crippen molar-refractivity contribution in [3.05, 3.63) is 46.7 Å². The van der Waals surface area contributed by atoms with E-state index in [1.807, 2.05) is 0 Å². The maximum atomic E-state index is 12.9. The first-order valence-electron chi connectivity index (χ1n) is 9.47. The standard InChI is InChI=1S/C21H29NOSi/c1-24(2,3)20-17-15-22(14-16-9-5-4-6-10-16)19-11-7-8-12-21(17,19)13-18(20)23/h4-6,9-10,19H,7-8,11-15H2,1-3H3/t19-,21+/m0/s1. The average Bonchev–Trinajstić information content (AvgIpc) is 2.95. The summed E-state index contributed by atoms with van der Waals surface area (Å²) >= 11 is 0. The van der Waals surface area contributed by atoms with Crippen molar-refractivity contribution >= 4 is 13.9 Å². The van der Waals surface area contributed by atoms with E-state index in [0.717, 1.165) is 19.5 Å². The maximum Gasteiger partial charge on any atom is 0.155 e. The zero-order valence-corrected chi connectivity index (χ0v) is 16.3. The number of hydrogen-bond donors (Lipinski definition) is 0. The lowest BCUT2D eigenvalue weighted by molar-refractivity contribution is -0.116. The average molecular weight is 340 g/mol. The molecule has 2 atom stereocenters. The molecule has 0 unspecified atom stereocenters. The molecule has 0 N–H and O–H groups in total. The summed E-state index contributed by atoms with van der Waals surface area (Å²) in [4.78, 5) is 15.6. The number of benzene rings is 1. The van der Waals surface area contributed by atoms with Crippen molar-refractivity contribution in [2.24, 2.45) is 5.41 Å². The van der Waals surface area contributed by atoms with E-state index in [0.29, 0.717) is 11.8 Å². The highest BCUT2D eigenvalue weighted by atomic mass is 28.3. The minimum atomic E-state index is -1.57. The molecule has 0 aromatic heterocycles. The summed E-state index contributed by atoms with van der Waals surface area (Å²) in [5.41, 5.74) is 3.16. The number of allylic oxidation sites excluding steroid dienone is 1. The zero-order chi connectivity index (χ0) is 16.9. The van der Waals surface area contributed by atoms with Gasteiger partial charge in [-0.2, -0.15) is 0 Å². The normalized spacial score (nSPS) is 30.6. The number of ketones is 1. The highest BCUT2D eigenvalue weighted by Gasteiger charge is 2.58.